The van der Waals surface area contributed by atoms with E-state index in [1.54, 1.807) is 0 Å². The molecule has 0 unspecified atom stereocenters. The van der Waals surface area contributed by atoms with Crippen LogP contribution in [0.15, 0.2) is 0 Å². The van der Waals surface area contributed by atoms with Gasteiger partial charge in [0.1, 0.15) is 13.2 Å². The Morgan fingerprint density at radius 3 is 1.09 bits per heavy atom. The van der Waals surface area contributed by atoms with E-state index in [4.69, 9.17) is 14.2 Å². The van der Waals surface area contributed by atoms with Crippen LogP contribution in [0.2, 0.25) is 0 Å². The van der Waals surface area contributed by atoms with E-state index in [9.17, 15) is 14.4 Å². The summed E-state index contributed by atoms with van der Waals surface area (Å²) >= 11 is 0. The van der Waals surface area contributed by atoms with Gasteiger partial charge in [0.05, 0.1) is 0 Å². The highest BCUT2D eigenvalue weighted by molar-refractivity contribution is 5.71. The molecule has 0 amide bonds. The molecule has 0 aliphatic carbocycles. The maximum Gasteiger partial charge on any atom is 0.306 e. The molecule has 266 valence electrons. The molecule has 6 heteroatoms. The molecule has 0 aliphatic rings. The van der Waals surface area contributed by atoms with Crippen molar-refractivity contribution in [2.75, 3.05) is 13.2 Å². The summed E-state index contributed by atoms with van der Waals surface area (Å²) in [6.07, 6.45) is 30.1. The van der Waals surface area contributed by atoms with Gasteiger partial charge in [0, 0.05) is 19.3 Å². The molecular formula is C39H74O6. The van der Waals surface area contributed by atoms with Gasteiger partial charge in [0.25, 0.3) is 0 Å². The minimum atomic E-state index is -0.754. The predicted octanol–water partition coefficient (Wildman–Crippen LogP) is 11.6. The van der Waals surface area contributed by atoms with Crippen LogP contribution in [-0.2, 0) is 28.6 Å². The Morgan fingerprint density at radius 2 is 0.733 bits per heavy atom. The van der Waals surface area contributed by atoms with Crippen LogP contribution in [0.5, 0.6) is 0 Å². The summed E-state index contributed by atoms with van der Waals surface area (Å²) in [5.74, 6) is -0.0480. The second-order valence-corrected chi connectivity index (χ2v) is 13.7. The lowest BCUT2D eigenvalue weighted by Crippen LogP contribution is -2.30. The number of unbranched alkanes of at least 4 members (excludes halogenated alkanes) is 21. The van der Waals surface area contributed by atoms with Gasteiger partial charge in [-0.05, 0) is 25.2 Å². The lowest BCUT2D eigenvalue weighted by Gasteiger charge is -2.18. The number of esters is 3. The standard InChI is InChI=1S/C39H74O6/c1-5-7-9-21-26-30-37(40)43-33-36(45-39(42)32-28-22-10-8-6-2)34-44-38(41)31-27-24-20-18-16-14-12-11-13-15-17-19-23-25-29-35(3)4/h35-36H,5-34H2,1-4H3/t36-/m0/s1. The number of hydrogen-bond acceptors (Lipinski definition) is 6. The second kappa shape index (κ2) is 33.8. The van der Waals surface area contributed by atoms with Crippen LogP contribution in [0.25, 0.3) is 0 Å². The van der Waals surface area contributed by atoms with Gasteiger partial charge < -0.3 is 14.2 Å². The van der Waals surface area contributed by atoms with E-state index in [1.165, 1.54) is 89.9 Å². The molecule has 0 aliphatic heterocycles. The average molecular weight is 639 g/mol. The zero-order valence-electron chi connectivity index (χ0n) is 30.3. The SMILES string of the molecule is CCCCCCCC(=O)OC[C@@H](COC(=O)CCCCCCCCCCCCCCCCC(C)C)OC(=O)CCCCCCC. The summed E-state index contributed by atoms with van der Waals surface area (Å²) in [7, 11) is 0. The highest BCUT2D eigenvalue weighted by atomic mass is 16.6. The molecule has 1 atom stereocenters. The number of rotatable bonds is 34. The van der Waals surface area contributed by atoms with Crippen molar-refractivity contribution < 1.29 is 28.6 Å². The molecule has 0 saturated carbocycles. The molecule has 0 bridgehead atoms. The molecule has 0 heterocycles. The van der Waals surface area contributed by atoms with Crippen LogP contribution < -0.4 is 0 Å². The monoisotopic (exact) mass is 639 g/mol. The van der Waals surface area contributed by atoms with Crippen molar-refractivity contribution in [1.29, 1.82) is 0 Å². The second-order valence-electron chi connectivity index (χ2n) is 13.7. The van der Waals surface area contributed by atoms with Gasteiger partial charge in [0.15, 0.2) is 6.10 Å². The van der Waals surface area contributed by atoms with Crippen LogP contribution >= 0.6 is 0 Å². The fourth-order valence-electron chi connectivity index (χ4n) is 5.57. The van der Waals surface area contributed by atoms with Crippen molar-refractivity contribution in [2.45, 2.75) is 214 Å². The van der Waals surface area contributed by atoms with Crippen molar-refractivity contribution in [3.8, 4) is 0 Å². The lowest BCUT2D eigenvalue weighted by atomic mass is 10.0. The summed E-state index contributed by atoms with van der Waals surface area (Å²) in [6.45, 7) is 8.81. The molecule has 0 rings (SSSR count). The third-order valence-corrected chi connectivity index (χ3v) is 8.54. The van der Waals surface area contributed by atoms with Crippen LogP contribution in [0, 0.1) is 5.92 Å². The molecule has 0 spiro atoms. The molecule has 0 aromatic heterocycles. The first-order valence-electron chi connectivity index (χ1n) is 19.4. The van der Waals surface area contributed by atoms with E-state index in [-0.39, 0.29) is 31.1 Å². The first-order valence-corrected chi connectivity index (χ1v) is 19.4. The Bertz CT molecular complexity index is 676. The van der Waals surface area contributed by atoms with Gasteiger partial charge in [-0.1, -0.05) is 169 Å². The molecule has 0 N–H and O–H groups in total. The average Bonchev–Trinajstić information content (AvgIpc) is 3.01. The fraction of sp³-hybridized carbons (Fsp3) is 0.923. The predicted molar refractivity (Wildman–Crippen MR) is 187 cm³/mol. The zero-order chi connectivity index (χ0) is 33.2. The van der Waals surface area contributed by atoms with Crippen LogP contribution in [0.3, 0.4) is 0 Å². The third kappa shape index (κ3) is 33.6. The number of ether oxygens (including phenoxy) is 3. The lowest BCUT2D eigenvalue weighted by molar-refractivity contribution is -0.167. The van der Waals surface area contributed by atoms with Crippen molar-refractivity contribution in [2.24, 2.45) is 5.92 Å². The summed E-state index contributed by atoms with van der Waals surface area (Å²) in [5, 5.41) is 0. The van der Waals surface area contributed by atoms with E-state index in [0.29, 0.717) is 19.3 Å². The first kappa shape index (κ1) is 43.4. The summed E-state index contributed by atoms with van der Waals surface area (Å²) in [6, 6.07) is 0. The van der Waals surface area contributed by atoms with Crippen molar-refractivity contribution in [3.63, 3.8) is 0 Å². The maximum atomic E-state index is 12.4. The largest absolute Gasteiger partial charge is 0.462 e. The van der Waals surface area contributed by atoms with Crippen molar-refractivity contribution in [3.05, 3.63) is 0 Å². The van der Waals surface area contributed by atoms with Gasteiger partial charge in [-0.25, -0.2) is 0 Å². The summed E-state index contributed by atoms with van der Waals surface area (Å²) < 4.78 is 16.4. The van der Waals surface area contributed by atoms with E-state index < -0.39 is 6.10 Å². The molecule has 45 heavy (non-hydrogen) atoms. The fourth-order valence-corrected chi connectivity index (χ4v) is 5.57. The topological polar surface area (TPSA) is 78.9 Å². The Balaban J connectivity index is 4.04. The normalized spacial score (nSPS) is 11.9. The summed E-state index contributed by atoms with van der Waals surface area (Å²) in [4.78, 5) is 36.9. The van der Waals surface area contributed by atoms with Gasteiger partial charge in [0.2, 0.25) is 0 Å². The Kier molecular flexibility index (Phi) is 32.6. The molecule has 0 aromatic rings. The van der Waals surface area contributed by atoms with Crippen molar-refractivity contribution >= 4 is 17.9 Å². The smallest absolute Gasteiger partial charge is 0.306 e. The van der Waals surface area contributed by atoms with E-state index in [2.05, 4.69) is 27.7 Å². The highest BCUT2D eigenvalue weighted by Gasteiger charge is 2.19. The maximum absolute atomic E-state index is 12.4. The molecule has 0 fully saturated rings. The van der Waals surface area contributed by atoms with E-state index >= 15 is 0 Å². The van der Waals surface area contributed by atoms with E-state index in [1.807, 2.05) is 0 Å². The van der Waals surface area contributed by atoms with Crippen molar-refractivity contribution in [1.82, 2.24) is 0 Å². The van der Waals surface area contributed by atoms with Gasteiger partial charge in [-0.15, -0.1) is 0 Å². The van der Waals surface area contributed by atoms with E-state index in [0.717, 1.165) is 76.5 Å². The van der Waals surface area contributed by atoms with Crippen LogP contribution in [-0.4, -0.2) is 37.2 Å². The van der Waals surface area contributed by atoms with Gasteiger partial charge >= 0.3 is 17.9 Å². The summed E-state index contributed by atoms with van der Waals surface area (Å²) in [5.41, 5.74) is 0. The molecule has 0 radical (unpaired) electrons. The molecule has 6 nitrogen and oxygen atoms in total. The minimum Gasteiger partial charge on any atom is -0.462 e. The van der Waals surface area contributed by atoms with Gasteiger partial charge in [-0.2, -0.15) is 0 Å². The number of carbonyl (C=O) groups excluding carboxylic acids is 3. The first-order chi connectivity index (χ1) is 21.9. The molecule has 0 aromatic carbocycles. The van der Waals surface area contributed by atoms with Gasteiger partial charge in [-0.3, -0.25) is 14.4 Å². The van der Waals surface area contributed by atoms with Crippen LogP contribution in [0.1, 0.15) is 207 Å². The quantitative estimate of drug-likeness (QED) is 0.0396. The number of carbonyl (C=O) groups is 3. The van der Waals surface area contributed by atoms with Crippen LogP contribution in [0.4, 0.5) is 0 Å². The Hall–Kier alpha value is -1.59. The Morgan fingerprint density at radius 1 is 0.422 bits per heavy atom. The molecular weight excluding hydrogens is 564 g/mol. The number of hydrogen-bond donors (Lipinski definition) is 0. The highest BCUT2D eigenvalue weighted by Crippen LogP contribution is 2.15. The zero-order valence-corrected chi connectivity index (χ0v) is 30.3. The Labute approximate surface area is 278 Å². The minimum absolute atomic E-state index is 0.0671. The molecule has 0 saturated heterocycles. The third-order valence-electron chi connectivity index (χ3n) is 8.54.